The van der Waals surface area contributed by atoms with Crippen molar-refractivity contribution in [3.05, 3.63) is 66.1 Å². The van der Waals surface area contributed by atoms with Gasteiger partial charge in [0.1, 0.15) is 6.04 Å². The number of aromatic nitrogens is 2. The van der Waals surface area contributed by atoms with Crippen molar-refractivity contribution in [3.8, 4) is 0 Å². The molecule has 1 saturated heterocycles. The Morgan fingerprint density at radius 1 is 1.18 bits per heavy atom. The molecule has 2 aromatic heterocycles. The van der Waals surface area contributed by atoms with Gasteiger partial charge in [0.15, 0.2) is 0 Å². The third-order valence-electron chi connectivity index (χ3n) is 4.95. The van der Waals surface area contributed by atoms with E-state index in [1.54, 1.807) is 23.2 Å². The molecule has 0 bridgehead atoms. The lowest BCUT2D eigenvalue weighted by Crippen LogP contribution is -2.52. The van der Waals surface area contributed by atoms with E-state index in [0.717, 1.165) is 16.5 Å². The molecule has 3 heterocycles. The average molecular weight is 378 g/mol. The molecule has 7 nitrogen and oxygen atoms in total. The molecule has 4 rings (SSSR count). The molecule has 0 spiro atoms. The molecule has 2 N–H and O–H groups in total. The third kappa shape index (κ3) is 3.89. The number of rotatable bonds is 5. The first-order valence-electron chi connectivity index (χ1n) is 9.35. The number of aromatic amines is 1. The van der Waals surface area contributed by atoms with Crippen LogP contribution in [0.3, 0.4) is 0 Å². The summed E-state index contributed by atoms with van der Waals surface area (Å²) in [6, 6.07) is 10.7. The van der Waals surface area contributed by atoms with Crippen LogP contribution in [0.2, 0.25) is 0 Å². The summed E-state index contributed by atoms with van der Waals surface area (Å²) < 4.78 is 5.35. The molecular weight excluding hydrogens is 356 g/mol. The van der Waals surface area contributed by atoms with E-state index in [1.807, 2.05) is 30.5 Å². The summed E-state index contributed by atoms with van der Waals surface area (Å²) >= 11 is 0. The molecule has 0 saturated carbocycles. The fourth-order valence-electron chi connectivity index (χ4n) is 3.46. The number of nitrogens with zero attached hydrogens (tertiary/aromatic N) is 2. The maximum atomic E-state index is 13.2. The second kappa shape index (κ2) is 8.22. The molecular formula is C21H22N4O3. The monoisotopic (exact) mass is 378 g/mol. The molecule has 1 fully saturated rings. The van der Waals surface area contributed by atoms with Crippen molar-refractivity contribution in [3.63, 3.8) is 0 Å². The zero-order chi connectivity index (χ0) is 19.3. The quantitative estimate of drug-likeness (QED) is 0.708. The number of H-pyrrole nitrogens is 1. The predicted molar refractivity (Wildman–Crippen MR) is 105 cm³/mol. The van der Waals surface area contributed by atoms with Gasteiger partial charge in [0.05, 0.1) is 18.8 Å². The largest absolute Gasteiger partial charge is 0.378 e. The van der Waals surface area contributed by atoms with Crippen LogP contribution in [0.25, 0.3) is 10.9 Å². The first-order valence-corrected chi connectivity index (χ1v) is 9.35. The lowest BCUT2D eigenvalue weighted by molar-refractivity contribution is -0.137. The number of hydrogen-bond donors (Lipinski definition) is 2. The molecule has 28 heavy (non-hydrogen) atoms. The Hall–Kier alpha value is -3.19. The zero-order valence-corrected chi connectivity index (χ0v) is 15.4. The van der Waals surface area contributed by atoms with Gasteiger partial charge < -0.3 is 19.9 Å². The molecule has 7 heteroatoms. The van der Waals surface area contributed by atoms with Gasteiger partial charge in [-0.25, -0.2) is 0 Å². The maximum absolute atomic E-state index is 13.2. The minimum absolute atomic E-state index is 0.0918. The molecule has 144 valence electrons. The lowest BCUT2D eigenvalue weighted by atomic mass is 10.0. The van der Waals surface area contributed by atoms with Crippen LogP contribution >= 0.6 is 0 Å². The summed E-state index contributed by atoms with van der Waals surface area (Å²) in [6.07, 6.45) is 5.42. The number of ether oxygens (including phenoxy) is 1. The Labute approximate surface area is 162 Å². The first-order chi connectivity index (χ1) is 13.7. The van der Waals surface area contributed by atoms with Gasteiger partial charge in [-0.1, -0.05) is 18.2 Å². The molecule has 1 atom stereocenters. The summed E-state index contributed by atoms with van der Waals surface area (Å²) in [6.45, 7) is 2.10. The van der Waals surface area contributed by atoms with Crippen molar-refractivity contribution in [1.29, 1.82) is 0 Å². The number of para-hydroxylation sites is 1. The number of amides is 2. The second-order valence-corrected chi connectivity index (χ2v) is 6.77. The van der Waals surface area contributed by atoms with Gasteiger partial charge in [-0.05, 0) is 23.8 Å². The predicted octanol–water partition coefficient (Wildman–Crippen LogP) is 1.76. The Balaban J connectivity index is 1.58. The number of pyridine rings is 1. The van der Waals surface area contributed by atoms with E-state index in [0.29, 0.717) is 38.3 Å². The highest BCUT2D eigenvalue weighted by atomic mass is 16.5. The molecule has 0 aliphatic carbocycles. The maximum Gasteiger partial charge on any atom is 0.253 e. The number of carbonyl (C=O) groups excluding carboxylic acids is 2. The van der Waals surface area contributed by atoms with Crippen molar-refractivity contribution in [1.82, 2.24) is 20.2 Å². The fourth-order valence-corrected chi connectivity index (χ4v) is 3.46. The third-order valence-corrected chi connectivity index (χ3v) is 4.95. The molecule has 1 aromatic carbocycles. The van der Waals surface area contributed by atoms with Crippen molar-refractivity contribution in [2.75, 3.05) is 26.3 Å². The normalized spacial score (nSPS) is 15.4. The van der Waals surface area contributed by atoms with Crippen molar-refractivity contribution >= 4 is 22.7 Å². The lowest BCUT2D eigenvalue weighted by Gasteiger charge is -2.30. The van der Waals surface area contributed by atoms with Crippen LogP contribution in [0.5, 0.6) is 0 Å². The Morgan fingerprint density at radius 2 is 2.00 bits per heavy atom. The Kier molecular flexibility index (Phi) is 5.34. The summed E-state index contributed by atoms with van der Waals surface area (Å²) in [5, 5.41) is 3.96. The topological polar surface area (TPSA) is 87.3 Å². The summed E-state index contributed by atoms with van der Waals surface area (Å²) in [5.41, 5.74) is 2.43. The minimum atomic E-state index is -0.662. The van der Waals surface area contributed by atoms with E-state index in [-0.39, 0.29) is 11.8 Å². The summed E-state index contributed by atoms with van der Waals surface area (Å²) in [5.74, 6) is -0.398. The van der Waals surface area contributed by atoms with Crippen LogP contribution in [-0.2, 0) is 16.0 Å². The highest BCUT2D eigenvalue weighted by Gasteiger charge is 2.28. The zero-order valence-electron chi connectivity index (χ0n) is 15.4. The highest BCUT2D eigenvalue weighted by molar-refractivity contribution is 5.97. The minimum Gasteiger partial charge on any atom is -0.378 e. The molecule has 0 unspecified atom stereocenters. The van der Waals surface area contributed by atoms with E-state index in [1.165, 1.54) is 6.20 Å². The standard InChI is InChI=1S/C21H22N4O3/c26-20(15-4-3-7-22-13-15)24-19(21(27)25-8-10-28-11-9-25)12-16-14-23-18-6-2-1-5-17(16)18/h1-7,13-14,19,23H,8-12H2,(H,24,26)/t19-/m1/s1. The number of carbonyl (C=O) groups is 2. The molecule has 1 aliphatic rings. The van der Waals surface area contributed by atoms with Gasteiger partial charge in [0, 0.05) is 49.0 Å². The number of benzene rings is 1. The van der Waals surface area contributed by atoms with Crippen molar-refractivity contribution < 1.29 is 14.3 Å². The van der Waals surface area contributed by atoms with Crippen LogP contribution in [-0.4, -0.2) is 59.0 Å². The van der Waals surface area contributed by atoms with Gasteiger partial charge in [-0.3, -0.25) is 14.6 Å². The van der Waals surface area contributed by atoms with Crippen LogP contribution in [0.4, 0.5) is 0 Å². The highest BCUT2D eigenvalue weighted by Crippen LogP contribution is 2.20. The van der Waals surface area contributed by atoms with Gasteiger partial charge >= 0.3 is 0 Å². The first kappa shape index (κ1) is 18.2. The number of morpholine rings is 1. The van der Waals surface area contributed by atoms with E-state index >= 15 is 0 Å². The average Bonchev–Trinajstić information content (AvgIpc) is 3.17. The van der Waals surface area contributed by atoms with Gasteiger partial charge in [0.25, 0.3) is 5.91 Å². The SMILES string of the molecule is O=C(N[C@H](Cc1c[nH]c2ccccc12)C(=O)N1CCOCC1)c1cccnc1. The van der Waals surface area contributed by atoms with Crippen molar-refractivity contribution in [2.45, 2.75) is 12.5 Å². The molecule has 0 radical (unpaired) electrons. The van der Waals surface area contributed by atoms with Gasteiger partial charge in [0.2, 0.25) is 5.91 Å². The van der Waals surface area contributed by atoms with Gasteiger partial charge in [-0.15, -0.1) is 0 Å². The van der Waals surface area contributed by atoms with Gasteiger partial charge in [-0.2, -0.15) is 0 Å². The number of fused-ring (bicyclic) bond motifs is 1. The fraction of sp³-hybridized carbons (Fsp3) is 0.286. The van der Waals surface area contributed by atoms with Crippen molar-refractivity contribution in [2.24, 2.45) is 0 Å². The van der Waals surface area contributed by atoms with Crippen LogP contribution in [0.15, 0.2) is 55.0 Å². The molecule has 2 amide bonds. The Bertz CT molecular complexity index is 964. The summed E-state index contributed by atoms with van der Waals surface area (Å²) in [4.78, 5) is 34.8. The van der Waals surface area contributed by atoms with E-state index < -0.39 is 6.04 Å². The smallest absolute Gasteiger partial charge is 0.253 e. The summed E-state index contributed by atoms with van der Waals surface area (Å²) in [7, 11) is 0. The number of nitrogens with one attached hydrogen (secondary N) is 2. The van der Waals surface area contributed by atoms with Crippen LogP contribution < -0.4 is 5.32 Å². The van der Waals surface area contributed by atoms with Crippen LogP contribution in [0, 0.1) is 0 Å². The van der Waals surface area contributed by atoms with E-state index in [4.69, 9.17) is 4.74 Å². The number of hydrogen-bond acceptors (Lipinski definition) is 4. The van der Waals surface area contributed by atoms with E-state index in [9.17, 15) is 9.59 Å². The second-order valence-electron chi connectivity index (χ2n) is 6.77. The van der Waals surface area contributed by atoms with E-state index in [2.05, 4.69) is 15.3 Å². The Morgan fingerprint density at radius 3 is 2.79 bits per heavy atom. The van der Waals surface area contributed by atoms with Crippen LogP contribution in [0.1, 0.15) is 15.9 Å². The molecule has 1 aliphatic heterocycles. The molecule has 3 aromatic rings.